The molecule has 2 aromatic rings. The second-order valence-corrected chi connectivity index (χ2v) is 8.22. The number of nitrogens with zero attached hydrogens (tertiary/aromatic N) is 3. The van der Waals surface area contributed by atoms with Gasteiger partial charge in [0.15, 0.2) is 10.6 Å². The normalized spacial score (nSPS) is 12.6. The zero-order chi connectivity index (χ0) is 24.1. The van der Waals surface area contributed by atoms with E-state index >= 15 is 0 Å². The summed E-state index contributed by atoms with van der Waals surface area (Å²) in [6.07, 6.45) is -4.84. The van der Waals surface area contributed by atoms with Crippen molar-refractivity contribution < 1.29 is 45.9 Å². The number of azo groups is 1. The average Bonchev–Trinajstić information content (AvgIpc) is 2.69. The Balaban J connectivity index is 2.77. The summed E-state index contributed by atoms with van der Waals surface area (Å²) in [6.45, 7) is 1.35. The van der Waals surface area contributed by atoms with Crippen molar-refractivity contribution in [3.8, 4) is 5.88 Å². The summed E-state index contributed by atoms with van der Waals surface area (Å²) >= 11 is 0.521. The smallest absolute Gasteiger partial charge is 0.420 e. The van der Waals surface area contributed by atoms with E-state index in [0.717, 1.165) is 0 Å². The third kappa shape index (κ3) is 6.05. The van der Waals surface area contributed by atoms with Crippen molar-refractivity contribution >= 4 is 33.5 Å². The summed E-state index contributed by atoms with van der Waals surface area (Å²) in [5.74, 6) is -1.56. The van der Waals surface area contributed by atoms with Gasteiger partial charge in [0.05, 0.1) is 17.7 Å². The summed E-state index contributed by atoms with van der Waals surface area (Å²) in [4.78, 5) is 11.1. The lowest BCUT2D eigenvalue weighted by molar-refractivity contribution is -0.432. The van der Waals surface area contributed by atoms with Gasteiger partial charge in [0.1, 0.15) is 5.56 Å². The van der Waals surface area contributed by atoms with Crippen molar-refractivity contribution in [3.63, 3.8) is 0 Å². The topological polar surface area (TPSA) is 160 Å². The Morgan fingerprint density at radius 2 is 1.94 bits per heavy atom. The molecule has 1 aromatic carbocycles. The Morgan fingerprint density at radius 3 is 2.50 bits per heavy atom. The van der Waals surface area contributed by atoms with Crippen LogP contribution in [0, 0.1) is 0 Å². The molecule has 1 aromatic heterocycles. The van der Waals surface area contributed by atoms with Crippen molar-refractivity contribution in [2.75, 3.05) is 0 Å². The first-order valence-corrected chi connectivity index (χ1v) is 10.8. The molecule has 2 rings (SSSR count). The Kier molecular flexibility index (Phi) is 8.38. The van der Waals surface area contributed by atoms with Crippen LogP contribution in [0.3, 0.4) is 0 Å². The Morgan fingerprint density at radius 1 is 1.25 bits per heavy atom. The molecule has 1 heterocycles. The molecule has 0 saturated carbocycles. The molecule has 0 unspecified atom stereocenters. The van der Waals surface area contributed by atoms with E-state index in [9.17, 15) is 36.0 Å². The number of hydrogen-bond donors (Lipinski definition) is 3. The van der Waals surface area contributed by atoms with E-state index < -0.39 is 43.9 Å². The number of unbranched alkanes of at least 4 members (excludes halogenated alkanes) is 1. The van der Waals surface area contributed by atoms with Crippen LogP contribution in [0.15, 0.2) is 49.1 Å². The lowest BCUT2D eigenvalue weighted by atomic mass is 10.2. The summed E-state index contributed by atoms with van der Waals surface area (Å²) in [5.41, 5.74) is -5.12. The van der Waals surface area contributed by atoms with Crippen LogP contribution in [0.2, 0.25) is 0 Å². The molecule has 11 nitrogen and oxygen atoms in total. The Hall–Kier alpha value is -2.50. The predicted molar refractivity (Wildman–Crippen MR) is 103 cm³/mol. The first kappa shape index (κ1) is 25.8. The average molecular weight is 499 g/mol. The van der Waals surface area contributed by atoms with Gasteiger partial charge in [0.25, 0.3) is 5.56 Å². The van der Waals surface area contributed by atoms with E-state index in [-0.39, 0.29) is 23.5 Å². The predicted octanol–water partition coefficient (Wildman–Crippen LogP) is 4.46. The molecule has 176 valence electrons. The zero-order valence-corrected chi connectivity index (χ0v) is 17.7. The van der Waals surface area contributed by atoms with Crippen LogP contribution >= 0.6 is 12.0 Å². The molecule has 0 bridgehead atoms. The maximum atomic E-state index is 13.7. The van der Waals surface area contributed by atoms with E-state index in [1.54, 1.807) is 6.92 Å². The third-order valence-corrected chi connectivity index (χ3v) is 5.37. The lowest BCUT2D eigenvalue weighted by Gasteiger charge is -2.18. The minimum atomic E-state index is -5.62. The van der Waals surface area contributed by atoms with Crippen LogP contribution in [-0.4, -0.2) is 27.9 Å². The Labute approximate surface area is 182 Å². The number of rotatable bonds is 9. The number of halogens is 3. The molecule has 0 saturated heterocycles. The number of hydrogen-bond acceptors (Lipinski definition) is 10. The van der Waals surface area contributed by atoms with E-state index in [1.807, 2.05) is 0 Å². The zero-order valence-electron chi connectivity index (χ0n) is 16.1. The highest BCUT2D eigenvalue weighted by Crippen LogP contribution is 2.43. The number of aromatic hydroxyl groups is 1. The van der Waals surface area contributed by atoms with Crippen molar-refractivity contribution in [2.45, 2.75) is 42.3 Å². The molecule has 0 fully saturated rings. The molecular formula is C16H16F3N3O8S2. The van der Waals surface area contributed by atoms with Gasteiger partial charge < -0.3 is 5.11 Å². The lowest BCUT2D eigenvalue weighted by Crippen LogP contribution is -2.27. The van der Waals surface area contributed by atoms with Crippen LogP contribution in [0.4, 0.5) is 24.5 Å². The van der Waals surface area contributed by atoms with Crippen molar-refractivity contribution in [1.82, 2.24) is 4.57 Å². The highest BCUT2D eigenvalue weighted by molar-refractivity contribution is 7.94. The van der Waals surface area contributed by atoms with Gasteiger partial charge >= 0.3 is 16.3 Å². The van der Waals surface area contributed by atoms with Crippen molar-refractivity contribution in [2.24, 2.45) is 10.2 Å². The third-order valence-electron chi connectivity index (χ3n) is 3.89. The summed E-state index contributed by atoms with van der Waals surface area (Å²) in [5, 5.41) is 28.5. The molecule has 0 atom stereocenters. The molecule has 3 N–H and O–H groups in total. The molecule has 0 aliphatic rings. The van der Waals surface area contributed by atoms with Gasteiger partial charge in [0.2, 0.25) is 5.88 Å². The van der Waals surface area contributed by atoms with Crippen LogP contribution in [-0.2, 0) is 32.2 Å². The van der Waals surface area contributed by atoms with E-state index in [0.29, 0.717) is 23.0 Å². The van der Waals surface area contributed by atoms with Crippen LogP contribution < -0.4 is 5.56 Å². The van der Waals surface area contributed by atoms with E-state index in [1.165, 1.54) is 24.3 Å². The Bertz CT molecular complexity index is 1170. The first-order valence-electron chi connectivity index (χ1n) is 8.62. The maximum absolute atomic E-state index is 13.7. The monoisotopic (exact) mass is 499 g/mol. The fraction of sp³-hybridized carbons (Fsp3) is 0.312. The number of benzene rings is 1. The van der Waals surface area contributed by atoms with Crippen LogP contribution in [0.1, 0.15) is 25.3 Å². The number of alkyl halides is 3. The fourth-order valence-corrected chi connectivity index (χ4v) is 3.78. The quantitative estimate of drug-likeness (QED) is 0.149. The minimum absolute atomic E-state index is 0.0781. The first-order chi connectivity index (χ1) is 14.9. The summed E-state index contributed by atoms with van der Waals surface area (Å²) in [7, 11) is -5.62. The van der Waals surface area contributed by atoms with Gasteiger partial charge in [-0.05, 0) is 24.6 Å². The van der Waals surface area contributed by atoms with Crippen molar-refractivity contribution in [1.29, 1.82) is 0 Å². The largest absolute Gasteiger partial charge is 0.493 e. The molecule has 0 aliphatic heterocycles. The summed E-state index contributed by atoms with van der Waals surface area (Å²) < 4.78 is 78.5. The van der Waals surface area contributed by atoms with E-state index in [4.69, 9.17) is 5.26 Å². The van der Waals surface area contributed by atoms with Crippen LogP contribution in [0.25, 0.3) is 0 Å². The molecule has 32 heavy (non-hydrogen) atoms. The van der Waals surface area contributed by atoms with Gasteiger partial charge in [-0.2, -0.15) is 26.7 Å². The highest BCUT2D eigenvalue weighted by Gasteiger charge is 2.44. The SMILES string of the molecule is CCCCn1c(O)c(S(=O)(=O)O)c(C(F)(F)F)c(N=Nc2cccc(SOOO)c2)c1=O. The second kappa shape index (κ2) is 10.4. The van der Waals surface area contributed by atoms with Gasteiger partial charge in [-0.3, -0.25) is 13.9 Å². The highest BCUT2D eigenvalue weighted by atomic mass is 32.2. The van der Waals surface area contributed by atoms with E-state index in [2.05, 4.69) is 19.6 Å². The van der Waals surface area contributed by atoms with Gasteiger partial charge in [0, 0.05) is 11.4 Å². The maximum Gasteiger partial charge on any atom is 0.420 e. The fourth-order valence-electron chi connectivity index (χ4n) is 2.56. The minimum Gasteiger partial charge on any atom is -0.493 e. The van der Waals surface area contributed by atoms with Gasteiger partial charge in [-0.25, -0.2) is 5.26 Å². The number of aromatic nitrogens is 1. The summed E-state index contributed by atoms with van der Waals surface area (Å²) in [6, 6.07) is 5.38. The number of pyridine rings is 1. The second-order valence-electron chi connectivity index (χ2n) is 6.08. The molecule has 0 amide bonds. The molecule has 0 radical (unpaired) electrons. The molecule has 0 spiro atoms. The van der Waals surface area contributed by atoms with Gasteiger partial charge in [-0.15, -0.1) is 9.45 Å². The molecule has 0 aliphatic carbocycles. The van der Waals surface area contributed by atoms with Gasteiger partial charge in [-0.1, -0.05) is 24.4 Å². The molecule has 16 heteroatoms. The molecular weight excluding hydrogens is 483 g/mol. The van der Waals surface area contributed by atoms with Crippen molar-refractivity contribution in [3.05, 3.63) is 40.2 Å². The van der Waals surface area contributed by atoms with Crippen LogP contribution in [0.5, 0.6) is 5.88 Å². The standard InChI is InChI=1S/C16H16F3N3O8S2/c1-2-3-7-22-14(23)12(11(16(17,18)19)13(15(22)24)32(26,27)28)21-20-9-5-4-6-10(8-9)31-30-29-25/h4-6,8,24-25H,2-3,7H2,1H3,(H,26,27,28).